The lowest BCUT2D eigenvalue weighted by Crippen LogP contribution is -2.44. The SMILES string of the molecule is COc1ccc(C2CNCCN2C)c(F)c1. The average Bonchev–Trinajstić information content (AvgIpc) is 2.30. The quantitative estimate of drug-likeness (QED) is 0.822. The van der Waals surface area contributed by atoms with Crippen LogP contribution in [0.15, 0.2) is 18.2 Å². The number of methoxy groups -OCH3 is 1. The molecule has 4 heteroatoms. The van der Waals surface area contributed by atoms with Gasteiger partial charge < -0.3 is 10.1 Å². The first-order valence-electron chi connectivity index (χ1n) is 5.47. The van der Waals surface area contributed by atoms with Crippen molar-refractivity contribution in [3.8, 4) is 5.75 Å². The number of halogens is 1. The third-order valence-corrected chi connectivity index (χ3v) is 3.08. The predicted molar refractivity (Wildman–Crippen MR) is 61.2 cm³/mol. The summed E-state index contributed by atoms with van der Waals surface area (Å²) in [7, 11) is 3.57. The number of hydrogen-bond acceptors (Lipinski definition) is 3. The number of piperazine rings is 1. The first-order valence-corrected chi connectivity index (χ1v) is 5.47. The summed E-state index contributed by atoms with van der Waals surface area (Å²) in [5, 5.41) is 3.28. The Bertz CT molecular complexity index is 370. The van der Waals surface area contributed by atoms with Crippen molar-refractivity contribution >= 4 is 0 Å². The fourth-order valence-electron chi connectivity index (χ4n) is 2.06. The van der Waals surface area contributed by atoms with Crippen molar-refractivity contribution in [2.75, 3.05) is 33.8 Å². The first kappa shape index (κ1) is 11.4. The van der Waals surface area contributed by atoms with Crippen LogP contribution in [0, 0.1) is 5.82 Å². The summed E-state index contributed by atoms with van der Waals surface area (Å²) in [5.74, 6) is 0.368. The van der Waals surface area contributed by atoms with Crippen molar-refractivity contribution in [3.63, 3.8) is 0 Å². The molecule has 0 aromatic heterocycles. The fraction of sp³-hybridized carbons (Fsp3) is 0.500. The second kappa shape index (κ2) is 4.80. The summed E-state index contributed by atoms with van der Waals surface area (Å²) in [6, 6.07) is 5.17. The van der Waals surface area contributed by atoms with Gasteiger partial charge in [-0.15, -0.1) is 0 Å². The lowest BCUT2D eigenvalue weighted by Gasteiger charge is -2.33. The summed E-state index contributed by atoms with van der Waals surface area (Å²) >= 11 is 0. The Morgan fingerprint density at radius 3 is 2.94 bits per heavy atom. The number of ether oxygens (including phenoxy) is 1. The summed E-state index contributed by atoms with van der Waals surface area (Å²) in [4.78, 5) is 2.17. The largest absolute Gasteiger partial charge is 0.497 e. The predicted octanol–water partition coefficient (Wildman–Crippen LogP) is 1.41. The van der Waals surface area contributed by atoms with Gasteiger partial charge in [0.05, 0.1) is 7.11 Å². The molecule has 1 heterocycles. The second-order valence-electron chi connectivity index (χ2n) is 4.09. The van der Waals surface area contributed by atoms with E-state index in [2.05, 4.69) is 10.2 Å². The first-order chi connectivity index (χ1) is 7.72. The van der Waals surface area contributed by atoms with E-state index in [0.29, 0.717) is 5.75 Å². The van der Waals surface area contributed by atoms with Crippen LogP contribution in [0.25, 0.3) is 0 Å². The molecule has 1 aromatic carbocycles. The zero-order valence-corrected chi connectivity index (χ0v) is 9.66. The van der Waals surface area contributed by atoms with Crippen molar-refractivity contribution in [1.29, 1.82) is 0 Å². The Morgan fingerprint density at radius 2 is 2.31 bits per heavy atom. The molecule has 0 spiro atoms. The molecular weight excluding hydrogens is 207 g/mol. The molecule has 0 bridgehead atoms. The van der Waals surface area contributed by atoms with Crippen LogP contribution in [0.3, 0.4) is 0 Å². The van der Waals surface area contributed by atoms with E-state index >= 15 is 0 Å². The lowest BCUT2D eigenvalue weighted by molar-refractivity contribution is 0.198. The summed E-state index contributed by atoms with van der Waals surface area (Å²) in [6.45, 7) is 2.70. The zero-order valence-electron chi connectivity index (χ0n) is 9.66. The maximum Gasteiger partial charge on any atom is 0.131 e. The number of nitrogens with zero attached hydrogens (tertiary/aromatic N) is 1. The monoisotopic (exact) mass is 224 g/mol. The Kier molecular flexibility index (Phi) is 3.41. The van der Waals surface area contributed by atoms with Crippen molar-refractivity contribution in [3.05, 3.63) is 29.6 Å². The van der Waals surface area contributed by atoms with Gasteiger partial charge in [-0.1, -0.05) is 6.07 Å². The van der Waals surface area contributed by atoms with E-state index in [1.807, 2.05) is 13.1 Å². The van der Waals surface area contributed by atoms with E-state index in [-0.39, 0.29) is 11.9 Å². The Hall–Kier alpha value is -1.13. The van der Waals surface area contributed by atoms with Crippen LogP contribution in [0.1, 0.15) is 11.6 Å². The number of rotatable bonds is 2. The third-order valence-electron chi connectivity index (χ3n) is 3.08. The minimum absolute atomic E-state index is 0.111. The van der Waals surface area contributed by atoms with Crippen LogP contribution in [0.5, 0.6) is 5.75 Å². The lowest BCUT2D eigenvalue weighted by atomic mass is 10.0. The van der Waals surface area contributed by atoms with Gasteiger partial charge in [0.1, 0.15) is 11.6 Å². The Labute approximate surface area is 95.2 Å². The highest BCUT2D eigenvalue weighted by atomic mass is 19.1. The maximum atomic E-state index is 13.9. The molecule has 0 radical (unpaired) electrons. The van der Waals surface area contributed by atoms with Crippen molar-refractivity contribution in [2.45, 2.75) is 6.04 Å². The molecule has 1 N–H and O–H groups in total. The zero-order chi connectivity index (χ0) is 11.5. The molecule has 1 fully saturated rings. The van der Waals surface area contributed by atoms with Crippen LogP contribution in [-0.2, 0) is 0 Å². The van der Waals surface area contributed by atoms with Crippen molar-refractivity contribution < 1.29 is 9.13 Å². The molecule has 1 aromatic rings. The molecule has 0 aliphatic carbocycles. The summed E-state index contributed by atoms with van der Waals surface area (Å²) in [5.41, 5.74) is 0.732. The molecule has 2 rings (SSSR count). The van der Waals surface area contributed by atoms with E-state index in [0.717, 1.165) is 25.2 Å². The normalized spacial score (nSPS) is 22.1. The number of likely N-dealkylation sites (N-methyl/N-ethyl adjacent to an activating group) is 1. The van der Waals surface area contributed by atoms with Gasteiger partial charge in [-0.05, 0) is 13.1 Å². The molecule has 1 unspecified atom stereocenters. The smallest absolute Gasteiger partial charge is 0.131 e. The van der Waals surface area contributed by atoms with Crippen LogP contribution in [-0.4, -0.2) is 38.7 Å². The molecule has 16 heavy (non-hydrogen) atoms. The third kappa shape index (κ3) is 2.18. The highest BCUT2D eigenvalue weighted by Crippen LogP contribution is 2.26. The van der Waals surface area contributed by atoms with E-state index in [1.54, 1.807) is 13.2 Å². The molecule has 1 aliphatic heterocycles. The van der Waals surface area contributed by atoms with Crippen LogP contribution in [0.4, 0.5) is 4.39 Å². The highest BCUT2D eigenvalue weighted by Gasteiger charge is 2.23. The van der Waals surface area contributed by atoms with Crippen molar-refractivity contribution in [2.24, 2.45) is 0 Å². The van der Waals surface area contributed by atoms with Crippen LogP contribution >= 0.6 is 0 Å². The second-order valence-corrected chi connectivity index (χ2v) is 4.09. The van der Waals surface area contributed by atoms with Gasteiger partial charge in [0.2, 0.25) is 0 Å². The van der Waals surface area contributed by atoms with Gasteiger partial charge in [-0.3, -0.25) is 4.90 Å². The van der Waals surface area contributed by atoms with Crippen molar-refractivity contribution in [1.82, 2.24) is 10.2 Å². The van der Waals surface area contributed by atoms with Gasteiger partial charge in [-0.25, -0.2) is 4.39 Å². The van der Waals surface area contributed by atoms with Gasteiger partial charge in [0.15, 0.2) is 0 Å². The topological polar surface area (TPSA) is 24.5 Å². The Morgan fingerprint density at radius 1 is 1.50 bits per heavy atom. The van der Waals surface area contributed by atoms with Crippen LogP contribution < -0.4 is 10.1 Å². The molecule has 1 atom stereocenters. The number of hydrogen-bond donors (Lipinski definition) is 1. The van der Waals surface area contributed by atoms with E-state index < -0.39 is 0 Å². The molecule has 1 saturated heterocycles. The average molecular weight is 224 g/mol. The minimum atomic E-state index is -0.195. The summed E-state index contributed by atoms with van der Waals surface area (Å²) < 4.78 is 18.9. The Balaban J connectivity index is 2.25. The molecule has 3 nitrogen and oxygen atoms in total. The van der Waals surface area contributed by atoms with Gasteiger partial charge in [-0.2, -0.15) is 0 Å². The standard InChI is InChI=1S/C12H17FN2O/c1-15-6-5-14-8-12(15)10-4-3-9(16-2)7-11(10)13/h3-4,7,12,14H,5-6,8H2,1-2H3. The van der Waals surface area contributed by atoms with E-state index in [4.69, 9.17) is 4.74 Å². The van der Waals surface area contributed by atoms with E-state index in [1.165, 1.54) is 6.07 Å². The number of benzene rings is 1. The summed E-state index contributed by atoms with van der Waals surface area (Å²) in [6.07, 6.45) is 0. The molecule has 1 aliphatic rings. The number of nitrogens with one attached hydrogen (secondary N) is 1. The maximum absolute atomic E-state index is 13.9. The molecule has 0 saturated carbocycles. The fourth-order valence-corrected chi connectivity index (χ4v) is 2.06. The minimum Gasteiger partial charge on any atom is -0.497 e. The van der Waals surface area contributed by atoms with Crippen LogP contribution in [0.2, 0.25) is 0 Å². The van der Waals surface area contributed by atoms with Gasteiger partial charge in [0, 0.05) is 37.3 Å². The highest BCUT2D eigenvalue weighted by molar-refractivity contribution is 5.31. The van der Waals surface area contributed by atoms with Gasteiger partial charge in [0.25, 0.3) is 0 Å². The van der Waals surface area contributed by atoms with Gasteiger partial charge >= 0.3 is 0 Å². The molecule has 0 amide bonds. The van der Waals surface area contributed by atoms with E-state index in [9.17, 15) is 4.39 Å². The molecular formula is C12H17FN2O. The molecule has 88 valence electrons.